The zero-order valence-corrected chi connectivity index (χ0v) is 12.1. The van der Waals surface area contributed by atoms with Crippen molar-refractivity contribution in [3.05, 3.63) is 40.4 Å². The number of rotatable bonds is 4. The highest BCUT2D eigenvalue weighted by molar-refractivity contribution is 6.20. The third kappa shape index (κ3) is 2.82. The van der Waals surface area contributed by atoms with E-state index in [1.165, 1.54) is 4.57 Å². The highest BCUT2D eigenvalue weighted by atomic mass is 35.5. The van der Waals surface area contributed by atoms with Crippen LogP contribution in [-0.4, -0.2) is 22.1 Å². The SMILES string of the molecule is CCOC(=O)Cn1c(C(C)Cl)nc2ccccc2c1=O. The van der Waals surface area contributed by atoms with Crippen LogP contribution in [0.2, 0.25) is 0 Å². The summed E-state index contributed by atoms with van der Waals surface area (Å²) >= 11 is 6.07. The van der Waals surface area contributed by atoms with Gasteiger partial charge < -0.3 is 4.74 Å². The Kier molecular flexibility index (Phi) is 4.39. The van der Waals surface area contributed by atoms with Crippen molar-refractivity contribution in [2.75, 3.05) is 6.61 Å². The molecule has 0 aliphatic rings. The molecule has 1 unspecified atom stereocenters. The number of halogens is 1. The number of carbonyl (C=O) groups excluding carboxylic acids is 1. The number of benzene rings is 1. The molecule has 5 nitrogen and oxygen atoms in total. The second-order valence-electron chi connectivity index (χ2n) is 4.30. The molecular weight excluding hydrogens is 280 g/mol. The van der Waals surface area contributed by atoms with Crippen molar-refractivity contribution in [1.29, 1.82) is 0 Å². The summed E-state index contributed by atoms with van der Waals surface area (Å²) in [7, 11) is 0. The quantitative estimate of drug-likeness (QED) is 0.641. The molecule has 0 aliphatic carbocycles. The van der Waals surface area contributed by atoms with Gasteiger partial charge in [0, 0.05) is 0 Å². The number of para-hydroxylation sites is 1. The van der Waals surface area contributed by atoms with E-state index in [0.717, 1.165) is 0 Å². The molecule has 6 heteroatoms. The van der Waals surface area contributed by atoms with Gasteiger partial charge in [0.15, 0.2) is 0 Å². The lowest BCUT2D eigenvalue weighted by molar-refractivity contribution is -0.143. The fourth-order valence-electron chi connectivity index (χ4n) is 1.98. The van der Waals surface area contributed by atoms with Crippen LogP contribution >= 0.6 is 11.6 Å². The lowest BCUT2D eigenvalue weighted by atomic mass is 10.2. The molecule has 0 saturated carbocycles. The van der Waals surface area contributed by atoms with Gasteiger partial charge in [-0.3, -0.25) is 14.2 Å². The van der Waals surface area contributed by atoms with Crippen molar-refractivity contribution in [3.8, 4) is 0 Å². The summed E-state index contributed by atoms with van der Waals surface area (Å²) in [6, 6.07) is 6.97. The minimum absolute atomic E-state index is 0.184. The largest absolute Gasteiger partial charge is 0.465 e. The summed E-state index contributed by atoms with van der Waals surface area (Å²) in [5, 5.41) is -0.0282. The van der Waals surface area contributed by atoms with Crippen LogP contribution in [0, 0.1) is 0 Å². The maximum Gasteiger partial charge on any atom is 0.326 e. The topological polar surface area (TPSA) is 61.2 Å². The number of nitrogens with zero attached hydrogens (tertiary/aromatic N) is 2. The molecule has 2 rings (SSSR count). The number of fused-ring (bicyclic) bond motifs is 1. The Hall–Kier alpha value is -1.88. The zero-order valence-electron chi connectivity index (χ0n) is 11.3. The molecule has 0 radical (unpaired) electrons. The maximum absolute atomic E-state index is 12.5. The molecule has 0 N–H and O–H groups in total. The van der Waals surface area contributed by atoms with Crippen LogP contribution in [0.25, 0.3) is 10.9 Å². The van der Waals surface area contributed by atoms with Crippen LogP contribution < -0.4 is 5.56 Å². The Bertz CT molecular complexity index is 694. The van der Waals surface area contributed by atoms with E-state index in [1.54, 1.807) is 38.1 Å². The number of ether oxygens (including phenoxy) is 1. The summed E-state index contributed by atoms with van der Waals surface area (Å²) in [5.41, 5.74) is 0.284. The third-order valence-electron chi connectivity index (χ3n) is 2.84. The minimum atomic E-state index is -0.485. The number of hydrogen-bond acceptors (Lipinski definition) is 4. The molecule has 1 heterocycles. The number of alkyl halides is 1. The van der Waals surface area contributed by atoms with Crippen molar-refractivity contribution in [3.63, 3.8) is 0 Å². The normalized spacial score (nSPS) is 12.3. The highest BCUT2D eigenvalue weighted by Crippen LogP contribution is 2.18. The first kappa shape index (κ1) is 14.5. The van der Waals surface area contributed by atoms with Gasteiger partial charge in [-0.2, -0.15) is 0 Å². The van der Waals surface area contributed by atoms with Crippen LogP contribution in [0.1, 0.15) is 25.0 Å². The van der Waals surface area contributed by atoms with Crippen molar-refractivity contribution < 1.29 is 9.53 Å². The molecule has 0 bridgehead atoms. The van der Waals surface area contributed by atoms with E-state index in [-0.39, 0.29) is 18.7 Å². The molecule has 1 aromatic heterocycles. The van der Waals surface area contributed by atoms with E-state index in [4.69, 9.17) is 16.3 Å². The second kappa shape index (κ2) is 6.05. The Balaban J connectivity index is 2.61. The number of hydrogen-bond donors (Lipinski definition) is 0. The summed E-state index contributed by atoms with van der Waals surface area (Å²) in [6.45, 7) is 3.50. The molecule has 0 amide bonds. The zero-order chi connectivity index (χ0) is 14.7. The monoisotopic (exact) mass is 294 g/mol. The molecule has 2 aromatic rings. The standard InChI is InChI=1S/C14H15ClN2O3/c1-3-20-12(18)8-17-13(9(2)15)16-11-7-5-4-6-10(11)14(17)19/h4-7,9H,3,8H2,1-2H3. The Morgan fingerprint density at radius 2 is 2.15 bits per heavy atom. The number of esters is 1. The first-order valence-corrected chi connectivity index (χ1v) is 6.77. The summed E-state index contributed by atoms with van der Waals surface area (Å²) in [4.78, 5) is 28.4. The summed E-state index contributed by atoms with van der Waals surface area (Å²) in [5.74, 6) is -0.117. The van der Waals surface area contributed by atoms with E-state index in [2.05, 4.69) is 4.98 Å². The van der Waals surface area contributed by atoms with E-state index < -0.39 is 11.3 Å². The van der Waals surface area contributed by atoms with Gasteiger partial charge in [0.05, 0.1) is 22.9 Å². The fourth-order valence-corrected chi connectivity index (χ4v) is 2.14. The number of aromatic nitrogens is 2. The molecule has 20 heavy (non-hydrogen) atoms. The van der Waals surface area contributed by atoms with Gasteiger partial charge in [-0.15, -0.1) is 11.6 Å². The van der Waals surface area contributed by atoms with E-state index >= 15 is 0 Å². The minimum Gasteiger partial charge on any atom is -0.465 e. The van der Waals surface area contributed by atoms with Crippen molar-refractivity contribution in [2.24, 2.45) is 0 Å². The molecule has 0 spiro atoms. The van der Waals surface area contributed by atoms with Crippen LogP contribution in [0.15, 0.2) is 29.1 Å². The van der Waals surface area contributed by atoms with E-state index in [1.807, 2.05) is 0 Å². The first-order chi connectivity index (χ1) is 9.54. The van der Waals surface area contributed by atoms with E-state index in [9.17, 15) is 9.59 Å². The lowest BCUT2D eigenvalue weighted by Gasteiger charge is -2.14. The van der Waals surface area contributed by atoms with Gasteiger partial charge in [0.1, 0.15) is 12.4 Å². The summed E-state index contributed by atoms with van der Waals surface area (Å²) < 4.78 is 6.15. The second-order valence-corrected chi connectivity index (χ2v) is 4.95. The van der Waals surface area contributed by atoms with Crippen molar-refractivity contribution >= 4 is 28.5 Å². The van der Waals surface area contributed by atoms with Gasteiger partial charge >= 0.3 is 5.97 Å². The molecule has 106 valence electrons. The smallest absolute Gasteiger partial charge is 0.326 e. The highest BCUT2D eigenvalue weighted by Gasteiger charge is 2.17. The van der Waals surface area contributed by atoms with Crippen LogP contribution in [0.3, 0.4) is 0 Å². The fraction of sp³-hybridized carbons (Fsp3) is 0.357. The first-order valence-electron chi connectivity index (χ1n) is 6.33. The van der Waals surface area contributed by atoms with Gasteiger partial charge in [0.25, 0.3) is 5.56 Å². The van der Waals surface area contributed by atoms with Gasteiger partial charge in [-0.1, -0.05) is 12.1 Å². The van der Waals surface area contributed by atoms with Gasteiger partial charge in [0.2, 0.25) is 0 Å². The molecule has 0 saturated heterocycles. The summed E-state index contributed by atoms with van der Waals surface area (Å²) in [6.07, 6.45) is 0. The van der Waals surface area contributed by atoms with Gasteiger partial charge in [-0.25, -0.2) is 4.98 Å². The van der Waals surface area contributed by atoms with Crippen LogP contribution in [0.5, 0.6) is 0 Å². The Labute approximate surface area is 121 Å². The predicted octanol–water partition coefficient (Wildman–Crippen LogP) is 2.26. The Morgan fingerprint density at radius 1 is 1.45 bits per heavy atom. The number of carbonyl (C=O) groups is 1. The molecule has 1 atom stereocenters. The van der Waals surface area contributed by atoms with Crippen LogP contribution in [-0.2, 0) is 16.1 Å². The average molecular weight is 295 g/mol. The maximum atomic E-state index is 12.5. The predicted molar refractivity (Wildman–Crippen MR) is 76.9 cm³/mol. The Morgan fingerprint density at radius 3 is 2.80 bits per heavy atom. The lowest BCUT2D eigenvalue weighted by Crippen LogP contribution is -2.29. The van der Waals surface area contributed by atoms with Crippen molar-refractivity contribution in [2.45, 2.75) is 25.8 Å². The molecule has 0 fully saturated rings. The van der Waals surface area contributed by atoms with Gasteiger partial charge in [-0.05, 0) is 26.0 Å². The van der Waals surface area contributed by atoms with Crippen LogP contribution in [0.4, 0.5) is 0 Å². The van der Waals surface area contributed by atoms with E-state index in [0.29, 0.717) is 16.7 Å². The average Bonchev–Trinajstić information content (AvgIpc) is 2.42. The third-order valence-corrected chi connectivity index (χ3v) is 3.03. The molecular formula is C14H15ClN2O3. The van der Waals surface area contributed by atoms with Crippen molar-refractivity contribution in [1.82, 2.24) is 9.55 Å². The molecule has 0 aliphatic heterocycles. The molecule has 1 aromatic carbocycles.